The minimum absolute atomic E-state index is 0. The van der Waals surface area contributed by atoms with Crippen molar-refractivity contribution in [2.45, 2.75) is 13.8 Å². The van der Waals surface area contributed by atoms with Gasteiger partial charge in [-0.2, -0.15) is 0 Å². The molecule has 0 N–H and O–H groups in total. The van der Waals surface area contributed by atoms with Crippen molar-refractivity contribution in [2.75, 3.05) is 0 Å². The van der Waals surface area contributed by atoms with Gasteiger partial charge in [0.05, 0.1) is 0 Å². The third kappa shape index (κ3) is 9.20. The normalized spacial score (nSPS) is 1.50. The summed E-state index contributed by atoms with van der Waals surface area (Å²) in [7, 11) is 0. The van der Waals surface area contributed by atoms with Crippen LogP contribution in [0.1, 0.15) is 13.8 Å². The third-order valence-electron chi connectivity index (χ3n) is 0. The first-order valence-corrected chi connectivity index (χ1v) is 1.00. The summed E-state index contributed by atoms with van der Waals surface area (Å²) in [4.78, 5) is 0. The molecule has 0 aliphatic heterocycles. The molecule has 0 unspecified atom stereocenters. The Bertz CT molecular complexity index is 6.00. The fourth-order valence-electron chi connectivity index (χ4n) is 0. The van der Waals surface area contributed by atoms with E-state index < -0.39 is 0 Å². The first kappa shape index (κ1) is 17.1. The van der Waals surface area contributed by atoms with Crippen LogP contribution in [0.5, 0.6) is 0 Å². The Morgan fingerprint density at radius 3 is 1.00 bits per heavy atom. The number of hydrogen-bond donors (Lipinski definition) is 0. The predicted molar refractivity (Wildman–Crippen MR) is 11.3 cm³/mol. The maximum atomic E-state index is 2.00. The van der Waals surface area contributed by atoms with Gasteiger partial charge in [0.1, 0.15) is 0 Å². The molecule has 0 nitrogen and oxygen atoms in total. The minimum atomic E-state index is 0. The Hall–Kier alpha value is 1.79. The van der Waals surface area contributed by atoms with E-state index in [0.29, 0.717) is 0 Å². The summed E-state index contributed by atoms with van der Waals surface area (Å²) in [5.41, 5.74) is 0. The summed E-state index contributed by atoms with van der Waals surface area (Å²) in [5, 5.41) is 0. The zero-order valence-electron chi connectivity index (χ0n) is 2.99. The average molecular weight is 303 g/mol. The average Bonchev–Trinajstić information content (AvgIpc) is 1.00. The molecule has 0 spiro atoms. The van der Waals surface area contributed by atoms with E-state index in [9.17, 15) is 0 Å². The van der Waals surface area contributed by atoms with Crippen LogP contribution in [0.3, 0.4) is 0 Å². The molecule has 0 aromatic carbocycles. The molecule has 0 bridgehead atoms. The molecule has 0 aromatic heterocycles. The Labute approximate surface area is 66.9 Å². The maximum absolute atomic E-state index is 2.00. The van der Waals surface area contributed by atoms with E-state index >= 15 is 0 Å². The van der Waals surface area contributed by atoms with Crippen LogP contribution in [0.2, 0.25) is 0 Å². The van der Waals surface area contributed by atoms with Crippen LogP contribution < -0.4 is 0 Å². The van der Waals surface area contributed by atoms with Crippen LogP contribution in [-0.2, 0) is 53.8 Å². The van der Waals surface area contributed by atoms with Crippen molar-refractivity contribution in [3.63, 3.8) is 0 Å². The van der Waals surface area contributed by atoms with Gasteiger partial charge in [-0.1, -0.05) is 13.8 Å². The minimum Gasteiger partial charge on any atom is -0.0683 e. The fourth-order valence-corrected chi connectivity index (χ4v) is 0. The molecular formula is C2H6WY. The Balaban J connectivity index is -0.00000000500. The summed E-state index contributed by atoms with van der Waals surface area (Å²) in [6, 6.07) is 0. The molecule has 2 heteroatoms. The molecule has 0 heterocycles. The second kappa shape index (κ2) is 21.5. The van der Waals surface area contributed by atoms with E-state index in [0.717, 1.165) is 0 Å². The molecular weight excluding hydrogens is 297 g/mol. The molecule has 0 amide bonds. The van der Waals surface area contributed by atoms with Crippen LogP contribution >= 0.6 is 0 Å². The van der Waals surface area contributed by atoms with Crippen LogP contribution in [0.15, 0.2) is 0 Å². The van der Waals surface area contributed by atoms with E-state index in [1.54, 1.807) is 0 Å². The van der Waals surface area contributed by atoms with Crippen molar-refractivity contribution in [3.8, 4) is 0 Å². The second-order valence-corrected chi connectivity index (χ2v) is 0. The van der Waals surface area contributed by atoms with E-state index in [4.69, 9.17) is 0 Å². The SMILES string of the molecule is CC.[W].[Y]. The molecule has 4 heavy (non-hydrogen) atoms. The van der Waals surface area contributed by atoms with Gasteiger partial charge in [0.25, 0.3) is 0 Å². The summed E-state index contributed by atoms with van der Waals surface area (Å²) in [6.07, 6.45) is 0. The van der Waals surface area contributed by atoms with Gasteiger partial charge in [0.2, 0.25) is 0 Å². The van der Waals surface area contributed by atoms with Crippen molar-refractivity contribution < 1.29 is 53.8 Å². The van der Waals surface area contributed by atoms with Crippen molar-refractivity contribution in [1.29, 1.82) is 0 Å². The van der Waals surface area contributed by atoms with Gasteiger partial charge in [-0.05, 0) is 0 Å². The molecule has 0 atom stereocenters. The smallest absolute Gasteiger partial charge is 0 e. The molecule has 0 rings (SSSR count). The van der Waals surface area contributed by atoms with Crippen molar-refractivity contribution in [3.05, 3.63) is 0 Å². The van der Waals surface area contributed by atoms with Crippen molar-refractivity contribution >= 4 is 0 Å². The topological polar surface area (TPSA) is 0 Å². The molecule has 0 saturated heterocycles. The van der Waals surface area contributed by atoms with Crippen LogP contribution in [-0.4, -0.2) is 0 Å². The van der Waals surface area contributed by atoms with Gasteiger partial charge in [0.15, 0.2) is 0 Å². The maximum Gasteiger partial charge on any atom is 0 e. The zero-order valence-corrected chi connectivity index (χ0v) is 8.76. The largest absolute Gasteiger partial charge is 0.0683 e. The van der Waals surface area contributed by atoms with Gasteiger partial charge in [0, 0.05) is 53.8 Å². The second-order valence-electron chi connectivity index (χ2n) is 0. The van der Waals surface area contributed by atoms with Crippen LogP contribution in [0.25, 0.3) is 0 Å². The molecule has 0 saturated carbocycles. The first-order valence-electron chi connectivity index (χ1n) is 1.00. The molecule has 0 aliphatic carbocycles. The van der Waals surface area contributed by atoms with Crippen molar-refractivity contribution in [1.82, 2.24) is 0 Å². The van der Waals surface area contributed by atoms with Gasteiger partial charge in [-0.15, -0.1) is 0 Å². The standard InChI is InChI=1S/C2H6.W.Y/c1-2;;/h1-2H3;;. The first-order chi connectivity index (χ1) is 1.00. The van der Waals surface area contributed by atoms with E-state index in [-0.39, 0.29) is 53.8 Å². The molecule has 0 aromatic rings. The molecule has 23 valence electrons. The number of rotatable bonds is 0. The Morgan fingerprint density at radius 1 is 1.00 bits per heavy atom. The monoisotopic (exact) mass is 303 g/mol. The molecule has 0 fully saturated rings. The third-order valence-corrected chi connectivity index (χ3v) is 0. The van der Waals surface area contributed by atoms with Gasteiger partial charge in [-0.25, -0.2) is 0 Å². The molecule has 0 aliphatic rings. The summed E-state index contributed by atoms with van der Waals surface area (Å²) >= 11 is 0. The van der Waals surface area contributed by atoms with Gasteiger partial charge >= 0.3 is 0 Å². The number of hydrogen-bond acceptors (Lipinski definition) is 0. The van der Waals surface area contributed by atoms with Crippen molar-refractivity contribution in [2.24, 2.45) is 0 Å². The van der Waals surface area contributed by atoms with E-state index in [2.05, 4.69) is 0 Å². The summed E-state index contributed by atoms with van der Waals surface area (Å²) in [5.74, 6) is 0. The quantitative estimate of drug-likeness (QED) is 0.627. The van der Waals surface area contributed by atoms with E-state index in [1.807, 2.05) is 13.8 Å². The zero-order chi connectivity index (χ0) is 2.00. The molecule has 1 radical (unpaired) electrons. The summed E-state index contributed by atoms with van der Waals surface area (Å²) in [6.45, 7) is 4.00. The van der Waals surface area contributed by atoms with Gasteiger partial charge in [-0.3, -0.25) is 0 Å². The summed E-state index contributed by atoms with van der Waals surface area (Å²) < 4.78 is 0. The van der Waals surface area contributed by atoms with Crippen LogP contribution in [0.4, 0.5) is 0 Å². The Morgan fingerprint density at radius 2 is 1.00 bits per heavy atom. The van der Waals surface area contributed by atoms with Crippen LogP contribution in [0, 0.1) is 0 Å². The predicted octanol–water partition coefficient (Wildman–Crippen LogP) is 1.02. The Kier molecular flexibility index (Phi) is 91.5. The van der Waals surface area contributed by atoms with E-state index in [1.165, 1.54) is 0 Å². The van der Waals surface area contributed by atoms with Gasteiger partial charge < -0.3 is 0 Å². The fraction of sp³-hybridized carbons (Fsp3) is 1.00.